The maximum Gasteiger partial charge on any atom is 0.339 e. The second kappa shape index (κ2) is 8.85. The molecule has 0 radical (unpaired) electrons. The smallest absolute Gasteiger partial charge is 0.339 e. The number of aryl methyl sites for hydroxylation is 1. The van der Waals surface area contributed by atoms with Crippen LogP contribution in [0.2, 0.25) is 0 Å². The number of aromatic nitrogens is 1. The maximum absolute atomic E-state index is 12.7. The lowest BCUT2D eigenvalue weighted by Crippen LogP contribution is -2.48. The number of carboxylic acid groups (broad SMARTS) is 1. The minimum atomic E-state index is -1.14. The fourth-order valence-electron chi connectivity index (χ4n) is 3.34. The minimum absolute atomic E-state index is 0.0407. The highest BCUT2D eigenvalue weighted by atomic mass is 16.5. The van der Waals surface area contributed by atoms with Crippen LogP contribution >= 0.6 is 0 Å². The van der Waals surface area contributed by atoms with Crippen LogP contribution in [-0.4, -0.2) is 66.4 Å². The number of ether oxygens (including phenoxy) is 2. The molecule has 1 aromatic heterocycles. The lowest BCUT2D eigenvalue weighted by molar-refractivity contribution is -0.131. The van der Waals surface area contributed by atoms with E-state index in [9.17, 15) is 14.7 Å². The van der Waals surface area contributed by atoms with Crippen LogP contribution in [-0.2, 0) is 9.53 Å². The van der Waals surface area contributed by atoms with Gasteiger partial charge in [0.15, 0.2) is 0 Å². The molecular weight excluding hydrogens is 388 g/mol. The van der Waals surface area contributed by atoms with Crippen LogP contribution in [0.3, 0.4) is 0 Å². The Morgan fingerprint density at radius 1 is 1.33 bits per heavy atom. The summed E-state index contributed by atoms with van der Waals surface area (Å²) in [6.07, 6.45) is 0. The van der Waals surface area contributed by atoms with Crippen LogP contribution in [0, 0.1) is 12.3 Å². The fraction of sp³-hybridized carbons (Fsp3) is 0.476. The van der Waals surface area contributed by atoms with Gasteiger partial charge in [0, 0.05) is 13.1 Å². The molecule has 9 nitrogen and oxygen atoms in total. The molecule has 0 saturated carbocycles. The zero-order chi connectivity index (χ0) is 21.9. The second-order valence-corrected chi connectivity index (χ2v) is 8.01. The van der Waals surface area contributed by atoms with Gasteiger partial charge >= 0.3 is 5.97 Å². The van der Waals surface area contributed by atoms with Crippen LogP contribution in [0.5, 0.6) is 5.75 Å². The van der Waals surface area contributed by atoms with E-state index in [4.69, 9.17) is 15.2 Å². The first-order valence-corrected chi connectivity index (χ1v) is 9.84. The van der Waals surface area contributed by atoms with Gasteiger partial charge in [-0.05, 0) is 32.9 Å². The summed E-state index contributed by atoms with van der Waals surface area (Å²) in [5.74, 6) is -0.881. The average molecular weight is 416 g/mol. The van der Waals surface area contributed by atoms with Gasteiger partial charge < -0.3 is 25.6 Å². The zero-order valence-electron chi connectivity index (χ0n) is 17.5. The van der Waals surface area contributed by atoms with Crippen molar-refractivity contribution in [1.82, 2.24) is 15.2 Å². The van der Waals surface area contributed by atoms with Crippen molar-refractivity contribution >= 4 is 28.5 Å². The summed E-state index contributed by atoms with van der Waals surface area (Å²) in [7, 11) is 0. The van der Waals surface area contributed by atoms with Crippen LogP contribution in [0.15, 0.2) is 18.2 Å². The second-order valence-electron chi connectivity index (χ2n) is 8.01. The van der Waals surface area contributed by atoms with Gasteiger partial charge in [-0.1, -0.05) is 6.07 Å². The van der Waals surface area contributed by atoms with Crippen LogP contribution in [0.4, 0.5) is 5.69 Å². The first kappa shape index (κ1) is 21.8. The third kappa shape index (κ3) is 4.63. The monoisotopic (exact) mass is 416 g/mol. The summed E-state index contributed by atoms with van der Waals surface area (Å²) in [6, 6.07) is 5.20. The van der Waals surface area contributed by atoms with E-state index in [0.29, 0.717) is 42.2 Å². The van der Waals surface area contributed by atoms with Crippen molar-refractivity contribution in [1.29, 1.82) is 0 Å². The standard InChI is InChI=1S/C21H28N4O5/c1-13-16(19(26)27)18(22)17-14(24-13)5-4-6-15(17)30-11-21(2,3)20(28)23-12-25-7-9-29-10-8-25/h4-6H,7-12H2,1-3H3,(H2,22,24)(H,23,28)(H,26,27). The van der Waals surface area contributed by atoms with Gasteiger partial charge in [0.1, 0.15) is 17.9 Å². The molecule has 1 fully saturated rings. The lowest BCUT2D eigenvalue weighted by atomic mass is 9.93. The highest BCUT2D eigenvalue weighted by Crippen LogP contribution is 2.34. The van der Waals surface area contributed by atoms with Gasteiger partial charge in [-0.2, -0.15) is 0 Å². The lowest BCUT2D eigenvalue weighted by Gasteiger charge is -2.29. The summed E-state index contributed by atoms with van der Waals surface area (Å²) >= 11 is 0. The molecule has 0 unspecified atom stereocenters. The van der Waals surface area contributed by atoms with Gasteiger partial charge in [-0.15, -0.1) is 0 Å². The number of aromatic carboxylic acids is 1. The van der Waals surface area contributed by atoms with Gasteiger partial charge in [0.25, 0.3) is 0 Å². The number of hydrogen-bond acceptors (Lipinski definition) is 7. The number of hydrogen-bond donors (Lipinski definition) is 3. The van der Waals surface area contributed by atoms with Gasteiger partial charge in [0.05, 0.1) is 47.6 Å². The number of carboxylic acids is 1. The summed E-state index contributed by atoms with van der Waals surface area (Å²) in [5, 5.41) is 12.9. The Morgan fingerprint density at radius 2 is 2.03 bits per heavy atom. The number of pyridine rings is 1. The Hall–Kier alpha value is -2.91. The first-order valence-electron chi connectivity index (χ1n) is 9.84. The quantitative estimate of drug-likeness (QED) is 0.622. The Labute approximate surface area is 175 Å². The molecule has 1 aliphatic heterocycles. The molecule has 4 N–H and O–H groups in total. The third-order valence-electron chi connectivity index (χ3n) is 5.18. The van der Waals surface area contributed by atoms with Gasteiger partial charge in [-0.25, -0.2) is 4.79 Å². The van der Waals surface area contributed by atoms with Crippen molar-refractivity contribution in [2.75, 3.05) is 45.3 Å². The number of carbonyl (C=O) groups is 2. The molecule has 1 aliphatic rings. The van der Waals surface area contributed by atoms with Crippen molar-refractivity contribution in [3.05, 3.63) is 29.5 Å². The van der Waals surface area contributed by atoms with E-state index in [2.05, 4.69) is 15.2 Å². The predicted molar refractivity (Wildman–Crippen MR) is 113 cm³/mol. The Kier molecular flexibility index (Phi) is 6.42. The third-order valence-corrected chi connectivity index (χ3v) is 5.18. The van der Waals surface area contributed by atoms with Crippen LogP contribution < -0.4 is 15.8 Å². The number of nitrogen functional groups attached to an aromatic ring is 1. The van der Waals surface area contributed by atoms with E-state index in [1.165, 1.54) is 0 Å². The van der Waals surface area contributed by atoms with Gasteiger partial charge in [0.2, 0.25) is 5.91 Å². The van der Waals surface area contributed by atoms with Crippen LogP contribution in [0.25, 0.3) is 10.9 Å². The minimum Gasteiger partial charge on any atom is -0.492 e. The van der Waals surface area contributed by atoms with Crippen molar-refractivity contribution in [3.8, 4) is 5.75 Å². The number of nitrogens with zero attached hydrogens (tertiary/aromatic N) is 2. The molecule has 9 heteroatoms. The Balaban J connectivity index is 1.74. The van der Waals surface area contributed by atoms with E-state index in [-0.39, 0.29) is 23.8 Å². The number of morpholine rings is 1. The number of nitrogens with two attached hydrogens (primary N) is 1. The molecule has 0 spiro atoms. The molecule has 1 amide bonds. The average Bonchev–Trinajstić information content (AvgIpc) is 2.70. The Bertz CT molecular complexity index is 954. The van der Waals surface area contributed by atoms with Crippen molar-refractivity contribution < 1.29 is 24.2 Å². The van der Waals surface area contributed by atoms with E-state index in [1.54, 1.807) is 39.0 Å². The molecule has 162 valence electrons. The van der Waals surface area contributed by atoms with Crippen molar-refractivity contribution in [2.24, 2.45) is 5.41 Å². The number of amides is 1. The summed E-state index contributed by atoms with van der Waals surface area (Å²) in [6.45, 7) is 8.63. The van der Waals surface area contributed by atoms with Crippen LogP contribution in [0.1, 0.15) is 29.9 Å². The highest BCUT2D eigenvalue weighted by molar-refractivity contribution is 6.06. The summed E-state index contributed by atoms with van der Waals surface area (Å²) < 4.78 is 11.3. The first-order chi connectivity index (χ1) is 14.2. The number of nitrogens with one attached hydrogen (secondary N) is 1. The van der Waals surface area contributed by atoms with E-state index < -0.39 is 11.4 Å². The highest BCUT2D eigenvalue weighted by Gasteiger charge is 2.30. The molecule has 1 saturated heterocycles. The largest absolute Gasteiger partial charge is 0.492 e. The molecule has 3 rings (SSSR count). The number of anilines is 1. The summed E-state index contributed by atoms with van der Waals surface area (Å²) in [5.41, 5.74) is 6.30. The normalized spacial score (nSPS) is 15.2. The zero-order valence-corrected chi connectivity index (χ0v) is 17.5. The number of carbonyl (C=O) groups excluding carboxylic acids is 1. The number of fused-ring (bicyclic) bond motifs is 1. The van der Waals surface area contributed by atoms with E-state index >= 15 is 0 Å². The molecule has 0 bridgehead atoms. The molecule has 0 aliphatic carbocycles. The van der Waals surface area contributed by atoms with Crippen molar-refractivity contribution in [3.63, 3.8) is 0 Å². The topological polar surface area (TPSA) is 127 Å². The summed E-state index contributed by atoms with van der Waals surface area (Å²) in [4.78, 5) is 30.7. The fourth-order valence-corrected chi connectivity index (χ4v) is 3.34. The Morgan fingerprint density at radius 3 is 2.70 bits per heavy atom. The molecule has 2 aromatic rings. The predicted octanol–water partition coefficient (Wildman–Crippen LogP) is 1.63. The molecule has 1 aromatic carbocycles. The van der Waals surface area contributed by atoms with E-state index in [0.717, 1.165) is 13.1 Å². The molecule has 2 heterocycles. The maximum atomic E-state index is 12.7. The SMILES string of the molecule is Cc1nc2cccc(OCC(C)(C)C(=O)NCN3CCOCC3)c2c(N)c1C(=O)O. The number of benzene rings is 1. The van der Waals surface area contributed by atoms with Crippen molar-refractivity contribution in [2.45, 2.75) is 20.8 Å². The molecule has 0 atom stereocenters. The van der Waals surface area contributed by atoms with Gasteiger partial charge in [-0.3, -0.25) is 14.7 Å². The van der Waals surface area contributed by atoms with E-state index in [1.807, 2.05) is 0 Å². The number of rotatable bonds is 7. The molecular formula is C21H28N4O5. The molecule has 30 heavy (non-hydrogen) atoms.